The van der Waals surface area contributed by atoms with Crippen molar-refractivity contribution in [3.63, 3.8) is 0 Å². The average Bonchev–Trinajstić information content (AvgIpc) is 4.02. The van der Waals surface area contributed by atoms with Gasteiger partial charge in [-0.25, -0.2) is 4.99 Å². The average molecular weight is 853 g/mol. The first-order chi connectivity index (χ1) is 29.6. The van der Waals surface area contributed by atoms with Gasteiger partial charge in [0.1, 0.15) is 17.9 Å². The third kappa shape index (κ3) is 10.2. The molecular weight excluding hydrogens is 801 g/mol. The number of hydrogen-bond acceptors (Lipinski definition) is 12. The topological polar surface area (TPSA) is 266 Å². The van der Waals surface area contributed by atoms with Crippen LogP contribution in [0.4, 0.5) is 11.4 Å². The number of aliphatic imine (C=N–C) groups is 1. The first kappa shape index (κ1) is 44.8. The molecule has 2 atom stereocenters. The van der Waals surface area contributed by atoms with Gasteiger partial charge in [0.2, 0.25) is 35.4 Å². The van der Waals surface area contributed by atoms with Crippen LogP contribution in [0, 0.1) is 0 Å². The van der Waals surface area contributed by atoms with Crippen LogP contribution in [0.1, 0.15) is 75.3 Å². The first-order valence-corrected chi connectivity index (χ1v) is 20.7. The van der Waals surface area contributed by atoms with Crippen molar-refractivity contribution in [2.24, 2.45) is 10.7 Å². The van der Waals surface area contributed by atoms with Crippen LogP contribution in [-0.2, 0) is 56.7 Å². The second-order valence-corrected chi connectivity index (χ2v) is 15.8. The molecule has 0 radical (unpaired) electrons. The maximum Gasteiger partial charge on any atom is 0.254 e. The van der Waals surface area contributed by atoms with Crippen molar-refractivity contribution in [1.82, 2.24) is 35.6 Å². The highest BCUT2D eigenvalue weighted by Crippen LogP contribution is 2.50. The summed E-state index contributed by atoms with van der Waals surface area (Å²) in [5.41, 5.74) is 10.1. The SMILES string of the molecule is CCCN(CCO)C(=O)C1=Cc2ccc(C3(C(=O)Nc4cnc5c(c4)CN(C(=O)CCNC(=O)CNC(=O)C(C)NC(=O)C(C)N4C(=O)C=CC4=O)CC5)CC3)cc2N=C(N)C1. The number of hydrogen-bond donors (Lipinski definition) is 6. The number of nitrogens with zero attached hydrogens (tertiary/aromatic N) is 5. The Morgan fingerprint density at radius 1 is 1.00 bits per heavy atom. The number of amides is 8. The Hall–Kier alpha value is -6.76. The van der Waals surface area contributed by atoms with Crippen LogP contribution in [0.5, 0.6) is 0 Å². The number of nitrogens with one attached hydrogen (secondary N) is 4. The molecule has 0 saturated heterocycles. The minimum atomic E-state index is -1.14. The van der Waals surface area contributed by atoms with E-state index in [4.69, 9.17) is 5.73 Å². The summed E-state index contributed by atoms with van der Waals surface area (Å²) in [6.45, 7) is 5.58. The predicted octanol–water partition coefficient (Wildman–Crippen LogP) is 0.0840. The lowest BCUT2D eigenvalue weighted by Gasteiger charge is -2.29. The normalized spacial score (nSPS) is 17.0. The Balaban J connectivity index is 0.978. The zero-order chi connectivity index (χ0) is 44.7. The summed E-state index contributed by atoms with van der Waals surface area (Å²) in [5, 5.41) is 19.9. The number of imide groups is 1. The molecular formula is C43H52N10O9. The second-order valence-electron chi connectivity index (χ2n) is 15.8. The summed E-state index contributed by atoms with van der Waals surface area (Å²) in [7, 11) is 0. The number of aliphatic hydroxyl groups excluding tert-OH is 1. The Labute approximate surface area is 358 Å². The molecule has 19 heteroatoms. The van der Waals surface area contributed by atoms with Gasteiger partial charge >= 0.3 is 0 Å². The van der Waals surface area contributed by atoms with Crippen LogP contribution in [0.2, 0.25) is 0 Å². The molecule has 2 aromatic rings. The van der Waals surface area contributed by atoms with E-state index in [0.29, 0.717) is 54.9 Å². The van der Waals surface area contributed by atoms with Gasteiger partial charge in [-0.2, -0.15) is 0 Å². The zero-order valence-corrected chi connectivity index (χ0v) is 35.0. The number of pyridine rings is 1. The molecule has 1 aliphatic carbocycles. The monoisotopic (exact) mass is 852 g/mol. The molecule has 1 saturated carbocycles. The third-order valence-corrected chi connectivity index (χ3v) is 11.3. The lowest BCUT2D eigenvalue weighted by Crippen LogP contribution is -2.53. The molecule has 19 nitrogen and oxygen atoms in total. The lowest BCUT2D eigenvalue weighted by molar-refractivity contribution is -0.145. The third-order valence-electron chi connectivity index (χ3n) is 11.3. The van der Waals surface area contributed by atoms with Crippen LogP contribution in [0.25, 0.3) is 6.08 Å². The van der Waals surface area contributed by atoms with Gasteiger partial charge in [0.25, 0.3) is 11.8 Å². The molecule has 3 aliphatic heterocycles. The maximum absolute atomic E-state index is 13.9. The van der Waals surface area contributed by atoms with E-state index in [1.54, 1.807) is 22.1 Å². The number of amidine groups is 1. The second kappa shape index (κ2) is 19.3. The molecule has 62 heavy (non-hydrogen) atoms. The minimum Gasteiger partial charge on any atom is -0.395 e. The molecule has 4 aliphatic rings. The van der Waals surface area contributed by atoms with Crippen LogP contribution in [0.15, 0.2) is 53.2 Å². The standard InChI is InChI=1S/C43H52N10O9/c1-4-14-51(16-17-54)41(61)28-18-27-5-6-30(21-33(27)50-34(44)20-28)43(11-12-43)42(62)49-31-19-29-24-52(15-10-32(29)46-22-31)36(56)9-13-45-35(55)23-47-39(59)25(2)48-40(60)26(3)53-37(57)7-8-38(53)58/h5-8,18-19,21-22,25-26,54H,4,9-17,20,23-24H2,1-3H3,(H2,44,50)(H,45,55)(H,47,59)(H,48,60)(H,49,62). The molecule has 0 spiro atoms. The van der Waals surface area contributed by atoms with E-state index >= 15 is 0 Å². The number of fused-ring (bicyclic) bond motifs is 2. The summed E-state index contributed by atoms with van der Waals surface area (Å²) < 4.78 is 0. The number of benzene rings is 1. The summed E-state index contributed by atoms with van der Waals surface area (Å²) in [6, 6.07) is 5.18. The minimum absolute atomic E-state index is 0.000554. The quantitative estimate of drug-likeness (QED) is 0.116. The van der Waals surface area contributed by atoms with Crippen molar-refractivity contribution in [2.75, 3.05) is 44.6 Å². The molecule has 0 bridgehead atoms. The van der Waals surface area contributed by atoms with Gasteiger partial charge in [0.15, 0.2) is 0 Å². The molecule has 8 amide bonds. The smallest absolute Gasteiger partial charge is 0.254 e. The van der Waals surface area contributed by atoms with Crippen molar-refractivity contribution in [2.45, 2.75) is 83.3 Å². The number of aliphatic hydroxyl groups is 1. The lowest BCUT2D eigenvalue weighted by atomic mass is 9.92. The van der Waals surface area contributed by atoms with E-state index in [1.165, 1.54) is 13.8 Å². The number of anilines is 1. The predicted molar refractivity (Wildman–Crippen MR) is 226 cm³/mol. The molecule has 6 rings (SSSR count). The zero-order valence-electron chi connectivity index (χ0n) is 35.0. The molecule has 328 valence electrons. The molecule has 4 heterocycles. The van der Waals surface area contributed by atoms with Gasteiger partial charge in [0.05, 0.1) is 36.1 Å². The van der Waals surface area contributed by atoms with E-state index in [2.05, 4.69) is 31.2 Å². The Morgan fingerprint density at radius 3 is 2.44 bits per heavy atom. The fraction of sp³-hybridized carbons (Fsp3) is 0.442. The largest absolute Gasteiger partial charge is 0.395 e. The van der Waals surface area contributed by atoms with Crippen molar-refractivity contribution in [3.05, 3.63) is 70.6 Å². The van der Waals surface area contributed by atoms with Crippen molar-refractivity contribution in [3.8, 4) is 0 Å². The number of rotatable bonds is 17. The maximum atomic E-state index is 13.9. The molecule has 7 N–H and O–H groups in total. The van der Waals surface area contributed by atoms with E-state index in [-0.39, 0.29) is 62.6 Å². The fourth-order valence-corrected chi connectivity index (χ4v) is 7.62. The highest BCUT2D eigenvalue weighted by atomic mass is 16.3. The number of carbonyl (C=O) groups excluding carboxylic acids is 8. The highest BCUT2D eigenvalue weighted by molar-refractivity contribution is 6.15. The highest BCUT2D eigenvalue weighted by Gasteiger charge is 2.51. The van der Waals surface area contributed by atoms with Gasteiger partial charge in [-0.05, 0) is 62.4 Å². The van der Waals surface area contributed by atoms with Crippen molar-refractivity contribution < 1.29 is 43.5 Å². The Bertz CT molecular complexity index is 2240. The fourth-order valence-electron chi connectivity index (χ4n) is 7.62. The molecule has 2 unspecified atom stereocenters. The first-order valence-electron chi connectivity index (χ1n) is 20.7. The molecule has 1 fully saturated rings. The van der Waals surface area contributed by atoms with Crippen LogP contribution in [0.3, 0.4) is 0 Å². The molecule has 1 aromatic heterocycles. The Kier molecular flexibility index (Phi) is 13.9. The van der Waals surface area contributed by atoms with Crippen molar-refractivity contribution in [1.29, 1.82) is 0 Å². The van der Waals surface area contributed by atoms with Crippen molar-refractivity contribution >= 4 is 70.5 Å². The number of carbonyl (C=O) groups is 8. The van der Waals surface area contributed by atoms with Crippen LogP contribution in [-0.4, -0.2) is 129 Å². The van der Waals surface area contributed by atoms with E-state index in [1.807, 2.05) is 31.2 Å². The summed E-state index contributed by atoms with van der Waals surface area (Å²) in [6.07, 6.45) is 8.14. The summed E-state index contributed by atoms with van der Waals surface area (Å²) in [4.78, 5) is 115. The van der Waals surface area contributed by atoms with E-state index in [0.717, 1.165) is 40.3 Å². The van der Waals surface area contributed by atoms with Gasteiger partial charge in [-0.1, -0.05) is 19.1 Å². The van der Waals surface area contributed by atoms with Crippen LogP contribution < -0.4 is 27.0 Å². The number of aromatic nitrogens is 1. The van der Waals surface area contributed by atoms with Crippen LogP contribution >= 0.6 is 0 Å². The molecule has 1 aromatic carbocycles. The van der Waals surface area contributed by atoms with E-state index < -0.39 is 53.6 Å². The van der Waals surface area contributed by atoms with Gasteiger partial charge < -0.3 is 41.9 Å². The van der Waals surface area contributed by atoms with Gasteiger partial charge in [-0.15, -0.1) is 0 Å². The number of nitrogens with two attached hydrogens (primary N) is 1. The van der Waals surface area contributed by atoms with Gasteiger partial charge in [0, 0.05) is 81.0 Å². The summed E-state index contributed by atoms with van der Waals surface area (Å²) in [5.74, 6) is -3.53. The van der Waals surface area contributed by atoms with E-state index in [9.17, 15) is 43.5 Å². The summed E-state index contributed by atoms with van der Waals surface area (Å²) >= 11 is 0. The van der Waals surface area contributed by atoms with Gasteiger partial charge in [-0.3, -0.25) is 48.2 Å². The Morgan fingerprint density at radius 2 is 1.74 bits per heavy atom.